The molecule has 2 amide bonds. The van der Waals surface area contributed by atoms with Crippen LogP contribution < -0.4 is 5.32 Å². The van der Waals surface area contributed by atoms with Crippen LogP contribution in [-0.4, -0.2) is 62.8 Å². The number of tetrazole rings is 1. The summed E-state index contributed by atoms with van der Waals surface area (Å²) >= 11 is 1.49. The maximum absolute atomic E-state index is 12.9. The summed E-state index contributed by atoms with van der Waals surface area (Å²) in [5.41, 5.74) is 1.54. The first kappa shape index (κ1) is 18.3. The quantitative estimate of drug-likeness (QED) is 0.869. The predicted molar refractivity (Wildman–Crippen MR) is 95.6 cm³/mol. The Bertz CT molecular complexity index is 780. The SMILES string of the molecule is CCOC(=O)N1CCC(NC(=O)c2c(-n3cnnn3)sc(C)c2C)CC1. The lowest BCUT2D eigenvalue weighted by Gasteiger charge is -2.31. The van der Waals surface area contributed by atoms with Crippen LogP contribution in [0.15, 0.2) is 6.33 Å². The molecule has 1 aliphatic heterocycles. The van der Waals surface area contributed by atoms with Gasteiger partial charge in [-0.25, -0.2) is 4.79 Å². The number of aryl methyl sites for hydroxylation is 1. The second-order valence-corrected chi connectivity index (χ2v) is 7.35. The van der Waals surface area contributed by atoms with Crippen LogP contribution in [0, 0.1) is 13.8 Å². The molecule has 0 aliphatic carbocycles. The van der Waals surface area contributed by atoms with Gasteiger partial charge in [-0.15, -0.1) is 16.4 Å². The number of ether oxygens (including phenoxy) is 1. The molecule has 3 rings (SSSR count). The van der Waals surface area contributed by atoms with E-state index in [0.717, 1.165) is 10.4 Å². The first-order valence-electron chi connectivity index (χ1n) is 8.57. The Hall–Kier alpha value is -2.49. The standard InChI is InChI=1S/C16H22N6O3S/c1-4-25-16(24)21-7-5-12(6-8-21)18-14(23)13-10(2)11(3)26-15(13)22-9-17-19-20-22/h9,12H,4-8H2,1-3H3,(H,18,23). The third kappa shape index (κ3) is 3.69. The molecular formula is C16H22N6O3S. The summed E-state index contributed by atoms with van der Waals surface area (Å²) in [7, 11) is 0. The molecule has 0 atom stereocenters. The summed E-state index contributed by atoms with van der Waals surface area (Å²) in [5.74, 6) is -0.132. The summed E-state index contributed by atoms with van der Waals surface area (Å²) < 4.78 is 6.54. The number of carbonyl (C=O) groups is 2. The number of carbonyl (C=O) groups excluding carboxylic acids is 2. The highest BCUT2D eigenvalue weighted by atomic mass is 32.1. The average molecular weight is 378 g/mol. The summed E-state index contributed by atoms with van der Waals surface area (Å²) in [6.45, 7) is 7.21. The lowest BCUT2D eigenvalue weighted by molar-refractivity contribution is 0.0860. The topological polar surface area (TPSA) is 102 Å². The van der Waals surface area contributed by atoms with Gasteiger partial charge in [0.05, 0.1) is 12.2 Å². The highest BCUT2D eigenvalue weighted by Crippen LogP contribution is 2.30. The minimum atomic E-state index is -0.289. The number of hydrogen-bond donors (Lipinski definition) is 1. The maximum Gasteiger partial charge on any atom is 0.409 e. The van der Waals surface area contributed by atoms with Gasteiger partial charge in [0, 0.05) is 24.0 Å². The van der Waals surface area contributed by atoms with Crippen LogP contribution in [0.5, 0.6) is 0 Å². The van der Waals surface area contributed by atoms with Crippen LogP contribution in [0.1, 0.15) is 40.6 Å². The molecule has 10 heteroatoms. The van der Waals surface area contributed by atoms with Crippen LogP contribution >= 0.6 is 11.3 Å². The van der Waals surface area contributed by atoms with E-state index in [1.807, 2.05) is 13.8 Å². The van der Waals surface area contributed by atoms with Crippen molar-refractivity contribution in [2.75, 3.05) is 19.7 Å². The molecule has 2 aromatic rings. The molecular weight excluding hydrogens is 356 g/mol. The lowest BCUT2D eigenvalue weighted by atomic mass is 10.0. The molecule has 0 spiro atoms. The normalized spacial score (nSPS) is 15.1. The number of aromatic nitrogens is 4. The molecule has 1 aliphatic rings. The van der Waals surface area contributed by atoms with Crippen LogP contribution in [0.3, 0.4) is 0 Å². The molecule has 3 heterocycles. The highest BCUT2D eigenvalue weighted by molar-refractivity contribution is 7.15. The number of rotatable bonds is 4. The molecule has 0 bridgehead atoms. The number of hydrogen-bond acceptors (Lipinski definition) is 7. The molecule has 0 unspecified atom stereocenters. The van der Waals surface area contributed by atoms with Crippen molar-refractivity contribution in [2.24, 2.45) is 0 Å². The summed E-state index contributed by atoms with van der Waals surface area (Å²) in [6.07, 6.45) is 2.60. The predicted octanol–water partition coefficient (Wildman–Crippen LogP) is 1.69. The summed E-state index contributed by atoms with van der Waals surface area (Å²) in [4.78, 5) is 27.4. The zero-order valence-corrected chi connectivity index (χ0v) is 15.9. The molecule has 1 fully saturated rings. The number of likely N-dealkylation sites (tertiary alicyclic amines) is 1. The van der Waals surface area contributed by atoms with E-state index < -0.39 is 0 Å². The van der Waals surface area contributed by atoms with Gasteiger partial charge < -0.3 is 15.0 Å². The van der Waals surface area contributed by atoms with E-state index in [9.17, 15) is 9.59 Å². The molecule has 0 radical (unpaired) electrons. The Morgan fingerprint density at radius 1 is 1.35 bits per heavy atom. The Morgan fingerprint density at radius 2 is 2.08 bits per heavy atom. The maximum atomic E-state index is 12.9. The van der Waals surface area contributed by atoms with Crippen molar-refractivity contribution in [3.05, 3.63) is 22.3 Å². The zero-order valence-electron chi connectivity index (χ0n) is 15.1. The molecule has 1 saturated heterocycles. The van der Waals surface area contributed by atoms with Crippen molar-refractivity contribution in [2.45, 2.75) is 39.7 Å². The second kappa shape index (κ2) is 7.81. The van der Waals surface area contributed by atoms with E-state index in [1.165, 1.54) is 22.3 Å². The van der Waals surface area contributed by atoms with Crippen molar-refractivity contribution >= 4 is 23.3 Å². The number of amides is 2. The van der Waals surface area contributed by atoms with E-state index >= 15 is 0 Å². The van der Waals surface area contributed by atoms with Gasteiger partial charge in [0.1, 0.15) is 11.3 Å². The molecule has 140 valence electrons. The number of nitrogens with zero attached hydrogens (tertiary/aromatic N) is 5. The first-order valence-corrected chi connectivity index (χ1v) is 9.38. The van der Waals surface area contributed by atoms with E-state index in [-0.39, 0.29) is 18.0 Å². The van der Waals surface area contributed by atoms with Crippen LogP contribution in [0.4, 0.5) is 4.79 Å². The smallest absolute Gasteiger partial charge is 0.409 e. The van der Waals surface area contributed by atoms with E-state index in [0.29, 0.717) is 43.1 Å². The largest absolute Gasteiger partial charge is 0.450 e. The number of piperidine rings is 1. The van der Waals surface area contributed by atoms with Crippen LogP contribution in [0.2, 0.25) is 0 Å². The lowest BCUT2D eigenvalue weighted by Crippen LogP contribution is -2.46. The minimum Gasteiger partial charge on any atom is -0.450 e. The average Bonchev–Trinajstić information content (AvgIpc) is 3.24. The van der Waals surface area contributed by atoms with Gasteiger partial charge in [-0.1, -0.05) is 0 Å². The van der Waals surface area contributed by atoms with Gasteiger partial charge >= 0.3 is 6.09 Å². The van der Waals surface area contributed by atoms with Gasteiger partial charge in [-0.3, -0.25) is 4.79 Å². The van der Waals surface area contributed by atoms with Crippen molar-refractivity contribution < 1.29 is 14.3 Å². The fraction of sp³-hybridized carbons (Fsp3) is 0.562. The van der Waals surface area contributed by atoms with Crippen molar-refractivity contribution in [1.29, 1.82) is 0 Å². The number of nitrogens with one attached hydrogen (secondary N) is 1. The molecule has 1 N–H and O–H groups in total. The molecule has 0 saturated carbocycles. The van der Waals surface area contributed by atoms with E-state index in [1.54, 1.807) is 11.8 Å². The Balaban J connectivity index is 1.68. The van der Waals surface area contributed by atoms with Crippen molar-refractivity contribution in [3.8, 4) is 5.00 Å². The highest BCUT2D eigenvalue weighted by Gasteiger charge is 2.27. The van der Waals surface area contributed by atoms with Gasteiger partial charge in [0.15, 0.2) is 0 Å². The monoisotopic (exact) mass is 378 g/mol. The van der Waals surface area contributed by atoms with Gasteiger partial charge in [-0.05, 0) is 49.6 Å². The third-order valence-corrected chi connectivity index (χ3v) is 5.70. The summed E-state index contributed by atoms with van der Waals surface area (Å²) in [6, 6.07) is 0.0227. The first-order chi connectivity index (χ1) is 12.5. The molecule has 2 aromatic heterocycles. The molecule has 26 heavy (non-hydrogen) atoms. The minimum absolute atomic E-state index is 0.0227. The fourth-order valence-electron chi connectivity index (χ4n) is 2.97. The Labute approximate surface area is 155 Å². The summed E-state index contributed by atoms with van der Waals surface area (Å²) in [5, 5.41) is 15.0. The second-order valence-electron chi connectivity index (χ2n) is 6.15. The Morgan fingerprint density at radius 3 is 2.69 bits per heavy atom. The fourth-order valence-corrected chi connectivity index (χ4v) is 4.04. The van der Waals surface area contributed by atoms with Gasteiger partial charge in [0.25, 0.3) is 5.91 Å². The number of thiophene rings is 1. The van der Waals surface area contributed by atoms with E-state index in [4.69, 9.17) is 4.74 Å². The van der Waals surface area contributed by atoms with Gasteiger partial charge in [0.2, 0.25) is 0 Å². The Kier molecular flexibility index (Phi) is 5.50. The molecule has 0 aromatic carbocycles. The van der Waals surface area contributed by atoms with Gasteiger partial charge in [-0.2, -0.15) is 4.68 Å². The van der Waals surface area contributed by atoms with Crippen molar-refractivity contribution in [3.63, 3.8) is 0 Å². The van der Waals surface area contributed by atoms with Crippen LogP contribution in [-0.2, 0) is 4.74 Å². The zero-order chi connectivity index (χ0) is 18.7. The third-order valence-electron chi connectivity index (χ3n) is 4.51. The van der Waals surface area contributed by atoms with E-state index in [2.05, 4.69) is 20.8 Å². The van der Waals surface area contributed by atoms with Crippen LogP contribution in [0.25, 0.3) is 5.00 Å². The molecule has 9 nitrogen and oxygen atoms in total. The van der Waals surface area contributed by atoms with Crippen molar-refractivity contribution in [1.82, 2.24) is 30.4 Å².